The Hall–Kier alpha value is -3.59. The van der Waals surface area contributed by atoms with Crippen LogP contribution in [0, 0.1) is 11.6 Å². The van der Waals surface area contributed by atoms with Gasteiger partial charge in [-0.25, -0.2) is 18.4 Å². The second kappa shape index (κ2) is 7.92. The molecular formula is C22H20F2N6O. The fourth-order valence-corrected chi connectivity index (χ4v) is 3.70. The Morgan fingerprint density at radius 3 is 2.42 bits per heavy atom. The van der Waals surface area contributed by atoms with Gasteiger partial charge >= 0.3 is 0 Å². The van der Waals surface area contributed by atoms with Crippen LogP contribution in [0.3, 0.4) is 0 Å². The first-order chi connectivity index (χ1) is 15.1. The van der Waals surface area contributed by atoms with Crippen molar-refractivity contribution in [2.75, 3.05) is 24.2 Å². The number of nitrogens with two attached hydrogens (primary N) is 1. The van der Waals surface area contributed by atoms with Gasteiger partial charge in [-0.1, -0.05) is 0 Å². The largest absolute Gasteiger partial charge is 0.383 e. The summed E-state index contributed by atoms with van der Waals surface area (Å²) in [5.74, 6) is -0.00936. The molecule has 5 rings (SSSR count). The van der Waals surface area contributed by atoms with Crippen LogP contribution in [0.1, 0.15) is 12.8 Å². The standard InChI is InChI=1S/C22H20F2N6O/c23-14-5-3-13(4-6-14)19-18-20(25)30(16-9-7-15(24)8-10-16)29-21(18)28-22(27-19)26-12-17-2-1-11-31-17/h3-10,17H,1-2,11-12,25H2,(H,26,28,29)/t17-/m1/s1. The second-order valence-corrected chi connectivity index (χ2v) is 7.39. The Balaban J connectivity index is 1.62. The molecule has 1 atom stereocenters. The van der Waals surface area contributed by atoms with Crippen molar-refractivity contribution in [3.05, 3.63) is 60.2 Å². The summed E-state index contributed by atoms with van der Waals surface area (Å²) in [5.41, 5.74) is 8.60. The molecule has 0 saturated carbocycles. The average Bonchev–Trinajstić information content (AvgIpc) is 3.41. The van der Waals surface area contributed by atoms with Gasteiger partial charge in [-0.2, -0.15) is 4.98 Å². The van der Waals surface area contributed by atoms with Gasteiger partial charge in [-0.05, 0) is 61.4 Å². The van der Waals surface area contributed by atoms with Gasteiger partial charge < -0.3 is 15.8 Å². The lowest BCUT2D eigenvalue weighted by atomic mass is 10.1. The number of benzene rings is 2. The molecule has 0 aliphatic carbocycles. The van der Waals surface area contributed by atoms with E-state index in [0.29, 0.717) is 46.3 Å². The number of nitrogens with zero attached hydrogens (tertiary/aromatic N) is 4. The molecular weight excluding hydrogens is 402 g/mol. The summed E-state index contributed by atoms with van der Waals surface area (Å²) in [6.07, 6.45) is 2.12. The normalized spacial score (nSPS) is 16.1. The number of hydrogen-bond acceptors (Lipinski definition) is 6. The predicted molar refractivity (Wildman–Crippen MR) is 114 cm³/mol. The molecule has 2 aromatic heterocycles. The molecule has 7 nitrogen and oxygen atoms in total. The van der Waals surface area contributed by atoms with Gasteiger partial charge in [0, 0.05) is 18.7 Å². The van der Waals surface area contributed by atoms with Crippen molar-refractivity contribution in [1.29, 1.82) is 0 Å². The number of fused-ring (bicyclic) bond motifs is 1. The molecule has 1 fully saturated rings. The third kappa shape index (κ3) is 3.79. The predicted octanol–water partition coefficient (Wildman–Crippen LogP) is 3.93. The summed E-state index contributed by atoms with van der Waals surface area (Å²) in [6, 6.07) is 11.8. The maximum Gasteiger partial charge on any atom is 0.225 e. The van der Waals surface area contributed by atoms with Gasteiger partial charge in [-0.3, -0.25) is 0 Å². The van der Waals surface area contributed by atoms with Crippen molar-refractivity contribution in [3.8, 4) is 16.9 Å². The van der Waals surface area contributed by atoms with Crippen LogP contribution < -0.4 is 11.1 Å². The van der Waals surface area contributed by atoms with Crippen LogP contribution in [0.4, 0.5) is 20.5 Å². The summed E-state index contributed by atoms with van der Waals surface area (Å²) in [7, 11) is 0. The molecule has 0 bridgehead atoms. The minimum Gasteiger partial charge on any atom is -0.383 e. The highest BCUT2D eigenvalue weighted by atomic mass is 19.1. The molecule has 9 heteroatoms. The van der Waals surface area contributed by atoms with Crippen molar-refractivity contribution in [1.82, 2.24) is 19.7 Å². The van der Waals surface area contributed by atoms with Crippen molar-refractivity contribution >= 4 is 22.8 Å². The third-order valence-corrected chi connectivity index (χ3v) is 5.27. The number of ether oxygens (including phenoxy) is 1. The van der Waals surface area contributed by atoms with E-state index in [4.69, 9.17) is 10.5 Å². The monoisotopic (exact) mass is 422 g/mol. The van der Waals surface area contributed by atoms with E-state index in [1.54, 1.807) is 24.3 Å². The van der Waals surface area contributed by atoms with Gasteiger partial charge in [0.05, 0.1) is 22.9 Å². The summed E-state index contributed by atoms with van der Waals surface area (Å²) >= 11 is 0. The zero-order valence-electron chi connectivity index (χ0n) is 16.6. The van der Waals surface area contributed by atoms with E-state index in [2.05, 4.69) is 20.4 Å². The number of halogens is 2. The number of hydrogen-bond donors (Lipinski definition) is 2. The van der Waals surface area contributed by atoms with Crippen LogP contribution in [0.15, 0.2) is 48.5 Å². The maximum atomic E-state index is 13.5. The topological polar surface area (TPSA) is 90.9 Å². The van der Waals surface area contributed by atoms with Crippen LogP contribution in [-0.2, 0) is 4.74 Å². The molecule has 158 valence electrons. The molecule has 3 N–H and O–H groups in total. The average molecular weight is 422 g/mol. The Morgan fingerprint density at radius 2 is 1.74 bits per heavy atom. The third-order valence-electron chi connectivity index (χ3n) is 5.27. The lowest BCUT2D eigenvalue weighted by molar-refractivity contribution is 0.120. The van der Waals surface area contributed by atoms with Gasteiger partial charge in [0.25, 0.3) is 0 Å². The van der Waals surface area contributed by atoms with Crippen molar-refractivity contribution in [3.63, 3.8) is 0 Å². The molecule has 31 heavy (non-hydrogen) atoms. The number of rotatable bonds is 5. The van der Waals surface area contributed by atoms with Crippen LogP contribution in [0.25, 0.3) is 28.0 Å². The molecule has 0 unspecified atom stereocenters. The minimum absolute atomic E-state index is 0.107. The number of anilines is 2. The first kappa shape index (κ1) is 19.4. The van der Waals surface area contributed by atoms with E-state index in [0.717, 1.165) is 19.4 Å². The van der Waals surface area contributed by atoms with Gasteiger partial charge in [-0.15, -0.1) is 5.10 Å². The lowest BCUT2D eigenvalue weighted by Crippen LogP contribution is -2.19. The highest BCUT2D eigenvalue weighted by molar-refractivity contribution is 5.99. The molecule has 3 heterocycles. The van der Waals surface area contributed by atoms with Crippen molar-refractivity contribution in [2.45, 2.75) is 18.9 Å². The second-order valence-electron chi connectivity index (χ2n) is 7.39. The van der Waals surface area contributed by atoms with Gasteiger partial charge in [0.2, 0.25) is 5.95 Å². The molecule has 1 aliphatic rings. The summed E-state index contributed by atoms with van der Waals surface area (Å²) in [5, 5.41) is 8.28. The van der Waals surface area contributed by atoms with E-state index >= 15 is 0 Å². The Bertz CT molecular complexity index is 1220. The van der Waals surface area contributed by atoms with E-state index in [9.17, 15) is 8.78 Å². The smallest absolute Gasteiger partial charge is 0.225 e. The fourth-order valence-electron chi connectivity index (χ4n) is 3.70. The lowest BCUT2D eigenvalue weighted by Gasteiger charge is -2.12. The summed E-state index contributed by atoms with van der Waals surface area (Å²) in [6.45, 7) is 1.33. The van der Waals surface area contributed by atoms with E-state index in [1.807, 2.05) is 0 Å². The minimum atomic E-state index is -0.355. The highest BCUT2D eigenvalue weighted by Crippen LogP contribution is 2.33. The first-order valence-corrected chi connectivity index (χ1v) is 10.0. The maximum absolute atomic E-state index is 13.5. The number of aromatic nitrogens is 4. The van der Waals surface area contributed by atoms with E-state index < -0.39 is 0 Å². The molecule has 0 spiro atoms. The zero-order chi connectivity index (χ0) is 21.4. The van der Waals surface area contributed by atoms with Crippen molar-refractivity contribution in [2.24, 2.45) is 0 Å². The number of nitrogens with one attached hydrogen (secondary N) is 1. The fraction of sp³-hybridized carbons (Fsp3) is 0.227. The van der Waals surface area contributed by atoms with Gasteiger partial charge in [0.15, 0.2) is 5.65 Å². The van der Waals surface area contributed by atoms with Crippen LogP contribution in [0.5, 0.6) is 0 Å². The molecule has 1 aliphatic heterocycles. The van der Waals surface area contributed by atoms with Crippen LogP contribution in [0.2, 0.25) is 0 Å². The Kier molecular flexibility index (Phi) is 4.95. The molecule has 0 radical (unpaired) electrons. The first-order valence-electron chi connectivity index (χ1n) is 10.0. The Morgan fingerprint density at radius 1 is 1.03 bits per heavy atom. The number of nitrogen functional groups attached to an aromatic ring is 1. The SMILES string of the molecule is Nc1c2c(-c3ccc(F)cc3)nc(NC[C@H]3CCCO3)nc2nn1-c1ccc(F)cc1. The Labute approximate surface area is 176 Å². The summed E-state index contributed by atoms with van der Waals surface area (Å²) < 4.78 is 34.0. The molecule has 2 aromatic carbocycles. The van der Waals surface area contributed by atoms with Gasteiger partial charge in [0.1, 0.15) is 17.5 Å². The molecule has 0 amide bonds. The quantitative estimate of drug-likeness (QED) is 0.506. The van der Waals surface area contributed by atoms with E-state index in [-0.39, 0.29) is 17.7 Å². The molecule has 4 aromatic rings. The molecule has 1 saturated heterocycles. The van der Waals surface area contributed by atoms with Crippen LogP contribution >= 0.6 is 0 Å². The summed E-state index contributed by atoms with van der Waals surface area (Å²) in [4.78, 5) is 9.18. The van der Waals surface area contributed by atoms with Crippen LogP contribution in [-0.4, -0.2) is 39.0 Å². The zero-order valence-corrected chi connectivity index (χ0v) is 16.6. The highest BCUT2D eigenvalue weighted by Gasteiger charge is 2.21. The van der Waals surface area contributed by atoms with E-state index in [1.165, 1.54) is 28.9 Å². The van der Waals surface area contributed by atoms with Crippen molar-refractivity contribution < 1.29 is 13.5 Å².